The van der Waals surface area contributed by atoms with Crippen LogP contribution in [0, 0.1) is 17.6 Å². The highest BCUT2D eigenvalue weighted by atomic mass is 35.5. The van der Waals surface area contributed by atoms with Crippen LogP contribution < -0.4 is 10.6 Å². The van der Waals surface area contributed by atoms with Crippen LogP contribution in [0.5, 0.6) is 0 Å². The summed E-state index contributed by atoms with van der Waals surface area (Å²) in [6, 6.07) is 12.9. The molecule has 304 valence electrons. The van der Waals surface area contributed by atoms with Gasteiger partial charge in [-0.3, -0.25) is 4.79 Å². The van der Waals surface area contributed by atoms with Gasteiger partial charge in [0.25, 0.3) is 0 Å². The molecule has 2 fully saturated rings. The number of piperazine rings is 1. The lowest BCUT2D eigenvalue weighted by Crippen LogP contribution is -2.61. The summed E-state index contributed by atoms with van der Waals surface area (Å²) >= 11 is 6.20. The molecule has 5 rings (SSSR count). The van der Waals surface area contributed by atoms with Crippen molar-refractivity contribution >= 4 is 45.4 Å². The van der Waals surface area contributed by atoms with E-state index in [1.54, 1.807) is 52.0 Å². The van der Waals surface area contributed by atoms with E-state index >= 15 is 4.39 Å². The zero-order valence-electron chi connectivity index (χ0n) is 32.1. The molecule has 2 N–H and O–H groups in total. The second-order valence-electron chi connectivity index (χ2n) is 15.1. The average molecular weight is 819 g/mol. The van der Waals surface area contributed by atoms with Gasteiger partial charge in [-0.15, -0.1) is 0 Å². The fourth-order valence-corrected chi connectivity index (χ4v) is 9.43. The maximum absolute atomic E-state index is 15.9. The van der Waals surface area contributed by atoms with E-state index in [4.69, 9.17) is 25.8 Å². The van der Waals surface area contributed by atoms with Crippen molar-refractivity contribution in [1.29, 1.82) is 0 Å². The van der Waals surface area contributed by atoms with Crippen LogP contribution in [0.3, 0.4) is 0 Å². The monoisotopic (exact) mass is 818 g/mol. The lowest BCUT2D eigenvalue weighted by atomic mass is 9.76. The lowest BCUT2D eigenvalue weighted by Gasteiger charge is -2.44. The zero-order chi connectivity index (χ0) is 40.8. The summed E-state index contributed by atoms with van der Waals surface area (Å²) in [5, 5.41) is 6.05. The third kappa shape index (κ3) is 10.5. The van der Waals surface area contributed by atoms with Crippen molar-refractivity contribution in [2.75, 3.05) is 38.7 Å². The number of carbonyl (C=O) groups is 3. The lowest BCUT2D eigenvalue weighted by molar-refractivity contribution is -0.119. The molecular formula is C40H49ClF2N4O8S. The summed E-state index contributed by atoms with van der Waals surface area (Å²) in [5.41, 5.74) is 0.147. The number of hydrogen-bond acceptors (Lipinski definition) is 8. The Labute approximate surface area is 331 Å². The van der Waals surface area contributed by atoms with E-state index in [2.05, 4.69) is 10.6 Å². The van der Waals surface area contributed by atoms with Gasteiger partial charge < -0.3 is 29.7 Å². The van der Waals surface area contributed by atoms with E-state index in [0.29, 0.717) is 31.1 Å². The van der Waals surface area contributed by atoms with E-state index in [-0.39, 0.29) is 48.0 Å². The summed E-state index contributed by atoms with van der Waals surface area (Å²) < 4.78 is 75.3. The zero-order valence-corrected chi connectivity index (χ0v) is 33.7. The van der Waals surface area contributed by atoms with Gasteiger partial charge in [-0.2, -0.15) is 4.31 Å². The Bertz CT molecular complexity index is 1960. The quantitative estimate of drug-likeness (QED) is 0.208. The molecule has 4 unspecified atom stereocenters. The first-order chi connectivity index (χ1) is 26.5. The topological polar surface area (TPSA) is 144 Å². The molecule has 3 aromatic rings. The van der Waals surface area contributed by atoms with Crippen LogP contribution in [0.1, 0.15) is 64.0 Å². The highest BCUT2D eigenvalue weighted by molar-refractivity contribution is 7.89. The van der Waals surface area contributed by atoms with Gasteiger partial charge in [-0.1, -0.05) is 29.8 Å². The Morgan fingerprint density at radius 1 is 0.982 bits per heavy atom. The molecule has 2 saturated heterocycles. The molecule has 12 nitrogen and oxygen atoms in total. The largest absolute Gasteiger partial charge is 0.453 e. The van der Waals surface area contributed by atoms with Gasteiger partial charge in [0.05, 0.1) is 12.0 Å². The van der Waals surface area contributed by atoms with Gasteiger partial charge in [0, 0.05) is 60.6 Å². The molecule has 0 bridgehead atoms. The Hall–Kier alpha value is -4.31. The van der Waals surface area contributed by atoms with E-state index in [9.17, 15) is 27.2 Å². The summed E-state index contributed by atoms with van der Waals surface area (Å²) in [4.78, 5) is 41.6. The number of alkyl carbamates (subject to hydrolysis) is 1. The maximum Gasteiger partial charge on any atom is 0.410 e. The first-order valence-corrected chi connectivity index (χ1v) is 20.3. The van der Waals surface area contributed by atoms with Gasteiger partial charge >= 0.3 is 12.2 Å². The van der Waals surface area contributed by atoms with Crippen LogP contribution in [0.15, 0.2) is 71.6 Å². The highest BCUT2D eigenvalue weighted by Gasteiger charge is 2.43. The normalized spacial score (nSPS) is 19.5. The molecule has 2 heterocycles. The van der Waals surface area contributed by atoms with Crippen LogP contribution in [-0.4, -0.2) is 92.9 Å². The number of nitrogens with zero attached hydrogens (tertiary/aromatic N) is 2. The summed E-state index contributed by atoms with van der Waals surface area (Å²) in [5.74, 6) is -2.51. The standard InChI is InChI=1S/C40H49ClF2N4O8S/c1-25-23-46(39(50)55-40(2,3)4)24-30(47(25)56(51,52)31-16-13-29(42)14-17-31)15-18-32-33(43)7-6-8-34(32)44-37(48)36(45-38(49)53-5)35(27-19-21-54-22-20-27)26-9-11-28(41)12-10-26/h6-14,16-17,25,27,30,35-36H,15,18-24H2,1-5H3,(H,44,48)(H,45,49). The number of anilines is 1. The van der Waals surface area contributed by atoms with Gasteiger partial charge in [0.1, 0.15) is 23.3 Å². The van der Waals surface area contributed by atoms with Gasteiger partial charge in [-0.05, 0) is 113 Å². The van der Waals surface area contributed by atoms with E-state index in [1.165, 1.54) is 46.6 Å². The summed E-state index contributed by atoms with van der Waals surface area (Å²) in [6.07, 6.45) is -0.277. The van der Waals surface area contributed by atoms with Crippen LogP contribution in [0.2, 0.25) is 5.02 Å². The van der Waals surface area contributed by atoms with Gasteiger partial charge in [-0.25, -0.2) is 26.8 Å². The number of halogens is 3. The number of carbonyl (C=O) groups excluding carboxylic acids is 3. The summed E-state index contributed by atoms with van der Waals surface area (Å²) in [7, 11) is -3.03. The smallest absolute Gasteiger partial charge is 0.410 e. The molecule has 0 aliphatic carbocycles. The van der Waals surface area contributed by atoms with Crippen LogP contribution in [0.25, 0.3) is 0 Å². The van der Waals surface area contributed by atoms with Crippen molar-refractivity contribution in [3.05, 3.63) is 94.5 Å². The van der Waals surface area contributed by atoms with Crippen LogP contribution in [-0.2, 0) is 35.4 Å². The number of sulfonamides is 1. The Morgan fingerprint density at radius 2 is 1.64 bits per heavy atom. The number of amides is 3. The van der Waals surface area contributed by atoms with Gasteiger partial charge in [0.2, 0.25) is 15.9 Å². The second-order valence-corrected chi connectivity index (χ2v) is 17.4. The molecule has 2 aliphatic rings. The SMILES string of the molecule is COC(=O)NC(C(=O)Nc1cccc(F)c1CCC1CN(C(=O)OC(C)(C)C)CC(C)N1S(=O)(=O)c1ccc(F)cc1)C(c1ccc(Cl)cc1)C1CCOCC1. The molecule has 56 heavy (non-hydrogen) atoms. The number of methoxy groups -OCH3 is 1. The number of hydrogen-bond donors (Lipinski definition) is 2. The predicted octanol–water partition coefficient (Wildman–Crippen LogP) is 7.12. The predicted molar refractivity (Wildman–Crippen MR) is 207 cm³/mol. The van der Waals surface area contributed by atoms with E-state index < -0.39 is 69.4 Å². The first kappa shape index (κ1) is 42.8. The molecular weight excluding hydrogens is 770 g/mol. The molecule has 3 amide bonds. The van der Waals surface area contributed by atoms with Crippen molar-refractivity contribution in [1.82, 2.24) is 14.5 Å². The molecule has 4 atom stereocenters. The molecule has 16 heteroatoms. The Kier molecular flexibility index (Phi) is 14.0. The van der Waals surface area contributed by atoms with Crippen molar-refractivity contribution in [3.63, 3.8) is 0 Å². The molecule has 0 saturated carbocycles. The van der Waals surface area contributed by atoms with Crippen LogP contribution in [0.4, 0.5) is 24.1 Å². The van der Waals surface area contributed by atoms with E-state index in [1.807, 2.05) is 0 Å². The molecule has 0 spiro atoms. The summed E-state index contributed by atoms with van der Waals surface area (Å²) in [6.45, 7) is 7.70. The Morgan fingerprint density at radius 3 is 2.27 bits per heavy atom. The van der Waals surface area contributed by atoms with Gasteiger partial charge in [0.15, 0.2) is 0 Å². The minimum Gasteiger partial charge on any atom is -0.453 e. The number of nitrogens with one attached hydrogen (secondary N) is 2. The Balaban J connectivity index is 1.47. The van der Waals surface area contributed by atoms with Crippen LogP contribution >= 0.6 is 11.6 Å². The highest BCUT2D eigenvalue weighted by Crippen LogP contribution is 2.37. The minimum atomic E-state index is -4.22. The third-order valence-corrected chi connectivity index (χ3v) is 12.3. The number of benzene rings is 3. The fraction of sp³-hybridized carbons (Fsp3) is 0.475. The first-order valence-electron chi connectivity index (χ1n) is 18.5. The maximum atomic E-state index is 15.9. The molecule has 2 aliphatic heterocycles. The van der Waals surface area contributed by atoms with Crippen molar-refractivity contribution in [2.24, 2.45) is 5.92 Å². The third-order valence-electron chi connectivity index (χ3n) is 9.98. The molecule has 0 aromatic heterocycles. The van der Waals surface area contributed by atoms with Crippen molar-refractivity contribution in [3.8, 4) is 0 Å². The van der Waals surface area contributed by atoms with Crippen molar-refractivity contribution in [2.45, 2.75) is 87.9 Å². The minimum absolute atomic E-state index is 0.0172. The number of rotatable bonds is 11. The second kappa shape index (κ2) is 18.3. The molecule has 0 radical (unpaired) electrons. The molecule has 3 aromatic carbocycles. The van der Waals surface area contributed by atoms with Crippen molar-refractivity contribution < 1.29 is 45.8 Å². The fourth-order valence-electron chi connectivity index (χ4n) is 7.48. The number of ether oxygens (including phenoxy) is 3. The van der Waals surface area contributed by atoms with E-state index in [0.717, 1.165) is 17.7 Å². The average Bonchev–Trinajstić information content (AvgIpc) is 3.14.